The number of halogens is 1. The number of carbonyl (C=O) groups is 1. The zero-order valence-corrected chi connectivity index (χ0v) is 13.6. The van der Waals surface area contributed by atoms with Gasteiger partial charge in [0.2, 0.25) is 0 Å². The molecule has 0 atom stereocenters. The number of pyridine rings is 1. The van der Waals surface area contributed by atoms with E-state index >= 15 is 0 Å². The highest BCUT2D eigenvalue weighted by molar-refractivity contribution is 14.1. The summed E-state index contributed by atoms with van der Waals surface area (Å²) < 4.78 is 1.14. The summed E-state index contributed by atoms with van der Waals surface area (Å²) in [5.41, 5.74) is 1.83. The summed E-state index contributed by atoms with van der Waals surface area (Å²) in [6, 6.07) is 13.6. The van der Waals surface area contributed by atoms with Crippen molar-refractivity contribution < 1.29 is 4.79 Å². The first kappa shape index (κ1) is 15.1. The van der Waals surface area contributed by atoms with E-state index in [4.69, 9.17) is 0 Å². The van der Waals surface area contributed by atoms with Gasteiger partial charge in [0.05, 0.1) is 6.54 Å². The van der Waals surface area contributed by atoms with E-state index in [0.29, 0.717) is 6.54 Å². The number of rotatable bonds is 6. The van der Waals surface area contributed by atoms with Crippen molar-refractivity contribution in [2.24, 2.45) is 0 Å². The summed E-state index contributed by atoms with van der Waals surface area (Å²) in [4.78, 5) is 18.4. The minimum Gasteiger partial charge on any atom is -0.299 e. The fourth-order valence-corrected chi connectivity index (χ4v) is 2.26. The van der Waals surface area contributed by atoms with Crippen LogP contribution in [-0.4, -0.2) is 35.8 Å². The van der Waals surface area contributed by atoms with Crippen LogP contribution in [0.4, 0.5) is 0 Å². The zero-order valence-electron chi connectivity index (χ0n) is 11.4. The highest BCUT2D eigenvalue weighted by atomic mass is 127. The normalized spacial score (nSPS) is 10.8. The van der Waals surface area contributed by atoms with Crippen LogP contribution in [0.5, 0.6) is 0 Å². The Morgan fingerprint density at radius 2 is 1.95 bits per heavy atom. The molecule has 0 saturated heterocycles. The topological polar surface area (TPSA) is 33.2 Å². The van der Waals surface area contributed by atoms with Gasteiger partial charge in [-0.15, -0.1) is 0 Å². The fourth-order valence-electron chi connectivity index (χ4n) is 1.90. The first-order valence-electron chi connectivity index (χ1n) is 6.52. The van der Waals surface area contributed by atoms with Gasteiger partial charge in [0.15, 0.2) is 5.78 Å². The van der Waals surface area contributed by atoms with Crippen LogP contribution < -0.4 is 0 Å². The number of Topliss-reactive ketones (excluding diaryl/α,β-unsaturated/α-hetero) is 1. The van der Waals surface area contributed by atoms with Crippen molar-refractivity contribution in [3.8, 4) is 0 Å². The molecule has 0 spiro atoms. The molecular formula is C16H17IN2O. The maximum Gasteiger partial charge on any atom is 0.176 e. The minimum atomic E-state index is 0.157. The number of carbonyl (C=O) groups excluding carboxylic acids is 1. The lowest BCUT2D eigenvalue weighted by atomic mass is 10.1. The van der Waals surface area contributed by atoms with Crippen LogP contribution in [0.3, 0.4) is 0 Å². The third-order valence-corrected chi connectivity index (χ3v) is 3.77. The first-order chi connectivity index (χ1) is 9.65. The van der Waals surface area contributed by atoms with E-state index in [0.717, 1.165) is 27.8 Å². The van der Waals surface area contributed by atoms with Crippen molar-refractivity contribution in [2.75, 3.05) is 20.1 Å². The number of hydrogen-bond acceptors (Lipinski definition) is 3. The molecule has 1 aromatic carbocycles. The molecule has 4 heteroatoms. The second-order valence-corrected chi connectivity index (χ2v) is 5.98. The molecule has 0 radical (unpaired) electrons. The van der Waals surface area contributed by atoms with E-state index in [1.54, 1.807) is 6.20 Å². The molecule has 2 aromatic rings. The molecule has 0 aliphatic rings. The molecule has 2 rings (SSSR count). The van der Waals surface area contributed by atoms with Crippen molar-refractivity contribution in [3.63, 3.8) is 0 Å². The Bertz CT molecular complexity index is 554. The molecule has 0 amide bonds. The van der Waals surface area contributed by atoms with Crippen LogP contribution in [0.25, 0.3) is 0 Å². The Morgan fingerprint density at radius 3 is 2.60 bits per heavy atom. The molecule has 104 valence electrons. The van der Waals surface area contributed by atoms with E-state index in [2.05, 4.69) is 27.6 Å². The molecule has 3 nitrogen and oxygen atoms in total. The van der Waals surface area contributed by atoms with Gasteiger partial charge in [0.25, 0.3) is 0 Å². The largest absolute Gasteiger partial charge is 0.299 e. The Labute approximate surface area is 133 Å². The van der Waals surface area contributed by atoms with Crippen molar-refractivity contribution in [1.82, 2.24) is 9.88 Å². The first-order valence-corrected chi connectivity index (χ1v) is 7.60. The molecule has 1 aromatic heterocycles. The van der Waals surface area contributed by atoms with Crippen molar-refractivity contribution in [2.45, 2.75) is 6.42 Å². The maximum absolute atomic E-state index is 12.1. The summed E-state index contributed by atoms with van der Waals surface area (Å²) in [6.45, 7) is 1.26. The number of benzene rings is 1. The Balaban J connectivity index is 1.83. The van der Waals surface area contributed by atoms with Gasteiger partial charge in [-0.2, -0.15) is 0 Å². The molecule has 0 saturated carbocycles. The summed E-state index contributed by atoms with van der Waals surface area (Å²) in [5, 5.41) is 0. The second-order valence-electron chi connectivity index (χ2n) is 4.74. The summed E-state index contributed by atoms with van der Waals surface area (Å²) >= 11 is 2.24. The maximum atomic E-state index is 12.1. The van der Waals surface area contributed by atoms with Crippen molar-refractivity contribution >= 4 is 28.4 Å². The van der Waals surface area contributed by atoms with Crippen molar-refractivity contribution in [1.29, 1.82) is 0 Å². The molecule has 0 aliphatic heterocycles. The Morgan fingerprint density at radius 1 is 1.20 bits per heavy atom. The van der Waals surface area contributed by atoms with Gasteiger partial charge < -0.3 is 0 Å². The summed E-state index contributed by atoms with van der Waals surface area (Å²) in [5.74, 6) is 0.157. The van der Waals surface area contributed by atoms with Crippen molar-refractivity contribution in [3.05, 3.63) is 63.5 Å². The average molecular weight is 380 g/mol. The highest BCUT2D eigenvalue weighted by Gasteiger charge is 2.09. The van der Waals surface area contributed by atoms with Crippen LogP contribution in [0, 0.1) is 3.57 Å². The second kappa shape index (κ2) is 7.50. The smallest absolute Gasteiger partial charge is 0.176 e. The molecule has 20 heavy (non-hydrogen) atoms. The summed E-state index contributed by atoms with van der Waals surface area (Å²) in [6.07, 6.45) is 2.66. The van der Waals surface area contributed by atoms with Crippen LogP contribution in [0.1, 0.15) is 16.1 Å². The van der Waals surface area contributed by atoms with Gasteiger partial charge in [0.1, 0.15) is 0 Å². The van der Waals surface area contributed by atoms with E-state index < -0.39 is 0 Å². The lowest BCUT2D eigenvalue weighted by molar-refractivity contribution is 0.0946. The molecule has 0 fully saturated rings. The number of likely N-dealkylation sites (N-methyl/N-ethyl adjacent to an activating group) is 1. The van der Waals surface area contributed by atoms with E-state index in [9.17, 15) is 4.79 Å². The van der Waals surface area contributed by atoms with Gasteiger partial charge in [-0.3, -0.25) is 14.7 Å². The monoisotopic (exact) mass is 380 g/mol. The number of ketones is 1. The highest BCUT2D eigenvalue weighted by Crippen LogP contribution is 2.08. The SMILES string of the molecule is CN(CCc1ccccn1)CC(=O)c1ccc(I)cc1. The predicted molar refractivity (Wildman–Crippen MR) is 88.9 cm³/mol. The average Bonchev–Trinajstić information content (AvgIpc) is 2.47. The molecular weight excluding hydrogens is 363 g/mol. The molecule has 0 unspecified atom stereocenters. The number of nitrogens with zero attached hydrogens (tertiary/aromatic N) is 2. The van der Waals surface area contributed by atoms with Gasteiger partial charge >= 0.3 is 0 Å². The van der Waals surface area contributed by atoms with Crippen LogP contribution in [-0.2, 0) is 6.42 Å². The lowest BCUT2D eigenvalue weighted by Crippen LogP contribution is -2.28. The van der Waals surface area contributed by atoms with E-state index in [-0.39, 0.29) is 5.78 Å². The standard InChI is InChI=1S/C16H17IN2O/c1-19(11-9-15-4-2-3-10-18-15)12-16(20)13-5-7-14(17)8-6-13/h2-8,10H,9,11-12H2,1H3. The van der Waals surface area contributed by atoms with Crippen LogP contribution >= 0.6 is 22.6 Å². The Hall–Kier alpha value is -1.27. The molecule has 0 aliphatic carbocycles. The van der Waals surface area contributed by atoms with E-state index in [1.165, 1.54) is 0 Å². The minimum absolute atomic E-state index is 0.157. The molecule has 0 bridgehead atoms. The third-order valence-electron chi connectivity index (χ3n) is 3.06. The van der Waals surface area contributed by atoms with Gasteiger partial charge in [-0.25, -0.2) is 0 Å². The zero-order chi connectivity index (χ0) is 14.4. The Kier molecular flexibility index (Phi) is 5.67. The lowest BCUT2D eigenvalue weighted by Gasteiger charge is -2.15. The molecule has 1 heterocycles. The van der Waals surface area contributed by atoms with Crippen LogP contribution in [0.15, 0.2) is 48.7 Å². The van der Waals surface area contributed by atoms with Gasteiger partial charge in [-0.05, 0) is 53.9 Å². The predicted octanol–water partition coefficient (Wildman–Crippen LogP) is 3.04. The summed E-state index contributed by atoms with van der Waals surface area (Å²) in [7, 11) is 1.97. The van der Waals surface area contributed by atoms with E-state index in [1.807, 2.05) is 54.4 Å². The van der Waals surface area contributed by atoms with Gasteiger partial charge in [0, 0.05) is 34.0 Å². The fraction of sp³-hybridized carbons (Fsp3) is 0.250. The molecule has 0 N–H and O–H groups in total. The van der Waals surface area contributed by atoms with Crippen LogP contribution in [0.2, 0.25) is 0 Å². The number of hydrogen-bond donors (Lipinski definition) is 0. The van der Waals surface area contributed by atoms with Gasteiger partial charge in [-0.1, -0.05) is 18.2 Å². The number of aromatic nitrogens is 1. The quantitative estimate of drug-likeness (QED) is 0.571. The third kappa shape index (κ3) is 4.68.